The zero-order valence-corrected chi connectivity index (χ0v) is 28.2. The molecule has 0 atom stereocenters. The number of carbonyl (C=O) groups is 4. The predicted octanol–water partition coefficient (Wildman–Crippen LogP) is 7.40. The Kier molecular flexibility index (Phi) is 11.5. The van der Waals surface area contributed by atoms with Crippen molar-refractivity contribution in [3.63, 3.8) is 0 Å². The van der Waals surface area contributed by atoms with Crippen LogP contribution in [-0.2, 0) is 0 Å². The van der Waals surface area contributed by atoms with E-state index < -0.39 is 23.9 Å². The molecule has 14 heteroatoms. The van der Waals surface area contributed by atoms with Crippen LogP contribution in [0, 0.1) is 0 Å². The zero-order valence-electron chi connectivity index (χ0n) is 28.2. The van der Waals surface area contributed by atoms with Crippen molar-refractivity contribution >= 4 is 23.9 Å². The third-order valence-corrected chi connectivity index (χ3v) is 7.26. The van der Waals surface area contributed by atoms with Gasteiger partial charge in [-0.1, -0.05) is 0 Å². The van der Waals surface area contributed by atoms with Crippen molar-refractivity contribution < 1.29 is 66.6 Å². The summed E-state index contributed by atoms with van der Waals surface area (Å²) in [5.74, 6) is -1.97. The van der Waals surface area contributed by atoms with Crippen LogP contribution in [0.2, 0.25) is 0 Å². The van der Waals surface area contributed by atoms with Crippen molar-refractivity contribution in [1.29, 1.82) is 0 Å². The van der Waals surface area contributed by atoms with E-state index in [1.165, 1.54) is 72.8 Å². The third-order valence-electron chi connectivity index (χ3n) is 7.26. The first kappa shape index (κ1) is 36.3. The molecule has 14 nitrogen and oxygen atoms in total. The second-order valence-electron chi connectivity index (χ2n) is 11.2. The first-order chi connectivity index (χ1) is 26.2. The van der Waals surface area contributed by atoms with Crippen LogP contribution in [-0.4, -0.2) is 47.3 Å². The number of phenolic OH excluding ortho intramolecular Hbond substituents is 2. The Balaban J connectivity index is 0.858. The summed E-state index contributed by atoms with van der Waals surface area (Å²) in [4.78, 5) is 49.6. The van der Waals surface area contributed by atoms with Gasteiger partial charge in [0, 0.05) is 0 Å². The van der Waals surface area contributed by atoms with E-state index in [0.717, 1.165) is 0 Å². The Labute approximate surface area is 306 Å². The summed E-state index contributed by atoms with van der Waals surface area (Å²) in [6.07, 6.45) is 1.38. The second-order valence-corrected chi connectivity index (χ2v) is 11.2. The van der Waals surface area contributed by atoms with E-state index in [2.05, 4.69) is 0 Å². The van der Waals surface area contributed by atoms with Gasteiger partial charge in [-0.3, -0.25) is 0 Å². The quantitative estimate of drug-likeness (QED) is 0.0603. The molecule has 0 radical (unpaired) electrons. The maximum absolute atomic E-state index is 12.5. The molecule has 0 aliphatic carbocycles. The molecule has 0 aliphatic rings. The number of hydrogen-bond acceptors (Lipinski definition) is 14. The maximum atomic E-state index is 12.5. The lowest BCUT2D eigenvalue weighted by Crippen LogP contribution is -2.09. The van der Waals surface area contributed by atoms with Gasteiger partial charge in [-0.05, 0) is 134 Å². The highest BCUT2D eigenvalue weighted by atomic mass is 16.6. The van der Waals surface area contributed by atoms with Crippen LogP contribution < -0.4 is 28.4 Å². The normalized spacial score (nSPS) is 10.6. The molecule has 0 amide bonds. The largest absolute Gasteiger partial charge is 0.508 e. The van der Waals surface area contributed by atoms with Crippen molar-refractivity contribution in [2.45, 2.75) is 12.8 Å². The number of unbranched alkanes of at least 4 members (excludes halogenated alkanes) is 1. The predicted molar refractivity (Wildman–Crippen MR) is 187 cm³/mol. The fourth-order valence-electron chi connectivity index (χ4n) is 4.56. The number of carbonyl (C=O) groups excluding carboxylic acids is 4. The van der Waals surface area contributed by atoms with Gasteiger partial charge in [-0.25, -0.2) is 19.2 Å². The molecule has 6 rings (SSSR count). The summed E-state index contributed by atoms with van der Waals surface area (Å²) in [7, 11) is 0. The van der Waals surface area contributed by atoms with Crippen LogP contribution in [0.4, 0.5) is 0 Å². The van der Waals surface area contributed by atoms with E-state index >= 15 is 0 Å². The smallest absolute Gasteiger partial charge is 0.379 e. The summed E-state index contributed by atoms with van der Waals surface area (Å²) < 4.78 is 43.0. The van der Waals surface area contributed by atoms with Crippen molar-refractivity contribution in [3.05, 3.63) is 144 Å². The van der Waals surface area contributed by atoms with Gasteiger partial charge in [0.15, 0.2) is 0 Å². The Hall–Kier alpha value is -7.48. The molecule has 274 valence electrons. The highest BCUT2D eigenvalue weighted by Gasteiger charge is 2.21. The minimum atomic E-state index is -0.818. The van der Waals surface area contributed by atoms with E-state index in [9.17, 15) is 29.4 Å². The molecule has 0 bridgehead atoms. The highest BCUT2D eigenvalue weighted by molar-refractivity contribution is 5.93. The fraction of sp³-hybridized carbons (Fsp3) is 0.100. The van der Waals surface area contributed by atoms with Gasteiger partial charge in [0.25, 0.3) is 0 Å². The molecule has 54 heavy (non-hydrogen) atoms. The molecular formula is C40H30O14. The van der Waals surface area contributed by atoms with E-state index in [-0.39, 0.29) is 57.5 Å². The van der Waals surface area contributed by atoms with E-state index in [4.69, 9.17) is 37.3 Å². The third kappa shape index (κ3) is 10.1. The second kappa shape index (κ2) is 17.2. The minimum Gasteiger partial charge on any atom is -0.508 e. The van der Waals surface area contributed by atoms with Gasteiger partial charge in [-0.2, -0.15) is 0 Å². The molecule has 0 saturated carbocycles. The Bertz CT molecular complexity index is 2040. The number of ether oxygens (including phenoxy) is 6. The molecule has 4 aromatic carbocycles. The number of rotatable bonds is 15. The van der Waals surface area contributed by atoms with Gasteiger partial charge < -0.3 is 47.5 Å². The molecule has 0 unspecified atom stereocenters. The van der Waals surface area contributed by atoms with Gasteiger partial charge in [0.2, 0.25) is 23.0 Å². The Morgan fingerprint density at radius 2 is 0.611 bits per heavy atom. The molecule has 0 fully saturated rings. The summed E-state index contributed by atoms with van der Waals surface area (Å²) in [6, 6.07) is 29.1. The van der Waals surface area contributed by atoms with Gasteiger partial charge in [-0.15, -0.1) is 0 Å². The first-order valence-corrected chi connectivity index (χ1v) is 16.3. The number of hydrogen-bond donors (Lipinski definition) is 2. The Morgan fingerprint density at radius 3 is 0.889 bits per heavy atom. The van der Waals surface area contributed by atoms with Gasteiger partial charge in [0.05, 0.1) is 13.2 Å². The van der Waals surface area contributed by atoms with Crippen LogP contribution >= 0.6 is 0 Å². The van der Waals surface area contributed by atoms with Gasteiger partial charge in [0.1, 0.15) is 46.0 Å². The van der Waals surface area contributed by atoms with Crippen molar-refractivity contribution in [3.8, 4) is 46.0 Å². The zero-order chi connectivity index (χ0) is 37.9. The van der Waals surface area contributed by atoms with Crippen LogP contribution in [0.15, 0.2) is 130 Å². The first-order valence-electron chi connectivity index (χ1n) is 16.3. The van der Waals surface area contributed by atoms with Crippen LogP contribution in [0.5, 0.6) is 46.0 Å². The number of furan rings is 2. The number of esters is 4. The van der Waals surface area contributed by atoms with E-state index in [0.29, 0.717) is 37.6 Å². The molecule has 0 spiro atoms. The lowest BCUT2D eigenvalue weighted by molar-refractivity contribution is 0.0653. The minimum absolute atomic E-state index is 0.0204. The summed E-state index contributed by atoms with van der Waals surface area (Å²) >= 11 is 0. The molecule has 6 aromatic rings. The summed E-state index contributed by atoms with van der Waals surface area (Å²) in [6.45, 7) is 0.825. The number of benzene rings is 4. The molecule has 0 aliphatic heterocycles. The van der Waals surface area contributed by atoms with Crippen molar-refractivity contribution in [2.75, 3.05) is 13.2 Å². The fourth-order valence-corrected chi connectivity index (χ4v) is 4.56. The summed E-state index contributed by atoms with van der Waals surface area (Å²) in [5.41, 5.74) is 0. The average molecular weight is 735 g/mol. The topological polar surface area (TPSA) is 190 Å². The highest BCUT2D eigenvalue weighted by Crippen LogP contribution is 2.23. The van der Waals surface area contributed by atoms with Crippen LogP contribution in [0.3, 0.4) is 0 Å². The van der Waals surface area contributed by atoms with Crippen LogP contribution in [0.25, 0.3) is 0 Å². The SMILES string of the molecule is O=C(Oc1ccc(O)cc1)c1ccc(C(=O)Oc2ccc(OCCCCOc3ccc(OC(=O)c4ccc(C(=O)Oc5ccc(O)cc5)o4)cc3)cc2)o1. The summed E-state index contributed by atoms with van der Waals surface area (Å²) in [5, 5.41) is 18.7. The van der Waals surface area contributed by atoms with E-state index in [1.807, 2.05) is 0 Å². The molecule has 2 heterocycles. The molecule has 0 saturated heterocycles. The van der Waals surface area contributed by atoms with Crippen molar-refractivity contribution in [1.82, 2.24) is 0 Å². The maximum Gasteiger partial charge on any atom is 0.379 e. The van der Waals surface area contributed by atoms with Gasteiger partial charge >= 0.3 is 23.9 Å². The van der Waals surface area contributed by atoms with Crippen molar-refractivity contribution in [2.24, 2.45) is 0 Å². The monoisotopic (exact) mass is 734 g/mol. The Morgan fingerprint density at radius 1 is 0.370 bits per heavy atom. The van der Waals surface area contributed by atoms with Crippen LogP contribution in [0.1, 0.15) is 55.1 Å². The van der Waals surface area contributed by atoms with E-state index in [1.54, 1.807) is 48.5 Å². The lowest BCUT2D eigenvalue weighted by Gasteiger charge is -2.09. The number of phenols is 2. The molecule has 2 aromatic heterocycles. The molecular weight excluding hydrogens is 704 g/mol. The molecule has 2 N–H and O–H groups in total. The lowest BCUT2D eigenvalue weighted by atomic mass is 10.3. The average Bonchev–Trinajstić information content (AvgIpc) is 3.88. The standard InChI is InChI=1S/C40H30O14/c41-25-3-7-29(8-4-25)49-37(43)33-19-21-35(53-33)39(45)51-31-15-11-27(12-16-31)47-23-1-2-24-48-28-13-17-32(18-14-28)52-40(46)36-22-20-34(54-36)38(44)50-30-9-5-26(42)6-10-30/h3-22,41-42H,1-2,23-24H2. The number of aromatic hydroxyl groups is 2.